The summed E-state index contributed by atoms with van der Waals surface area (Å²) < 4.78 is 0. The molecule has 0 fully saturated rings. The second kappa shape index (κ2) is 6.51. The van der Waals surface area contributed by atoms with E-state index in [2.05, 4.69) is 13.8 Å². The van der Waals surface area contributed by atoms with Crippen LogP contribution in [0.25, 0.3) is 0 Å². The number of hydrogen-bond donors (Lipinski definition) is 2. The van der Waals surface area contributed by atoms with Crippen molar-refractivity contribution in [2.45, 2.75) is 32.2 Å². The number of benzene rings is 1. The molecule has 0 spiro atoms. The van der Waals surface area contributed by atoms with Crippen LogP contribution >= 0.6 is 12.4 Å². The zero-order valence-electron chi connectivity index (χ0n) is 9.51. The van der Waals surface area contributed by atoms with Gasteiger partial charge in [0.1, 0.15) is 6.04 Å². The van der Waals surface area contributed by atoms with Crippen LogP contribution in [-0.4, -0.2) is 17.1 Å². The Morgan fingerprint density at radius 3 is 2.44 bits per heavy atom. The summed E-state index contributed by atoms with van der Waals surface area (Å²) in [5.41, 5.74) is 7.72. The zero-order chi connectivity index (χ0) is 11.4. The van der Waals surface area contributed by atoms with Crippen molar-refractivity contribution in [3.63, 3.8) is 0 Å². The van der Waals surface area contributed by atoms with Crippen molar-refractivity contribution in [1.82, 2.24) is 0 Å². The highest BCUT2D eigenvalue weighted by molar-refractivity contribution is 5.85. The van der Waals surface area contributed by atoms with Crippen LogP contribution in [-0.2, 0) is 11.2 Å². The summed E-state index contributed by atoms with van der Waals surface area (Å²) in [5.74, 6) is -0.559. The summed E-state index contributed by atoms with van der Waals surface area (Å²) in [6.45, 7) is 4.18. The number of carboxylic acid groups (broad SMARTS) is 1. The quantitative estimate of drug-likeness (QED) is 0.852. The number of halogens is 1. The van der Waals surface area contributed by atoms with E-state index in [1.165, 1.54) is 5.56 Å². The molecule has 0 aliphatic rings. The highest BCUT2D eigenvalue weighted by Gasteiger charge is 2.14. The molecule has 0 heterocycles. The Morgan fingerprint density at radius 2 is 1.94 bits per heavy atom. The number of nitrogens with two attached hydrogens (primary N) is 1. The molecule has 0 aliphatic carbocycles. The van der Waals surface area contributed by atoms with E-state index < -0.39 is 12.0 Å². The second-order valence-corrected chi connectivity index (χ2v) is 4.00. The molecule has 0 unspecified atom stereocenters. The molecule has 0 saturated carbocycles. The molecule has 0 aromatic heterocycles. The van der Waals surface area contributed by atoms with Gasteiger partial charge in [-0.05, 0) is 23.5 Å². The molecule has 3 nitrogen and oxygen atoms in total. The molecule has 1 atom stereocenters. The first-order chi connectivity index (χ1) is 7.02. The van der Waals surface area contributed by atoms with Crippen molar-refractivity contribution >= 4 is 18.4 Å². The number of aliphatic carboxylic acids is 1. The Hall–Kier alpha value is -1.06. The summed E-state index contributed by atoms with van der Waals surface area (Å²) in [7, 11) is 0. The fourth-order valence-corrected chi connectivity index (χ4v) is 1.61. The number of rotatable bonds is 4. The lowest BCUT2D eigenvalue weighted by Crippen LogP contribution is -2.32. The molecule has 0 radical (unpaired) electrons. The molecule has 0 saturated heterocycles. The van der Waals surface area contributed by atoms with Crippen LogP contribution in [0.15, 0.2) is 24.3 Å². The van der Waals surface area contributed by atoms with E-state index in [1.54, 1.807) is 0 Å². The van der Waals surface area contributed by atoms with E-state index in [1.807, 2.05) is 24.3 Å². The fraction of sp³-hybridized carbons (Fsp3) is 0.417. The van der Waals surface area contributed by atoms with E-state index in [9.17, 15) is 4.79 Å². The molecule has 90 valence electrons. The Kier molecular flexibility index (Phi) is 6.08. The predicted octanol–water partition coefficient (Wildman–Crippen LogP) is 2.19. The molecule has 16 heavy (non-hydrogen) atoms. The average Bonchev–Trinajstić information content (AvgIpc) is 2.18. The van der Waals surface area contributed by atoms with Gasteiger partial charge >= 0.3 is 5.97 Å². The lowest BCUT2D eigenvalue weighted by molar-refractivity contribution is -0.138. The largest absolute Gasteiger partial charge is 0.480 e. The van der Waals surface area contributed by atoms with Gasteiger partial charge in [-0.3, -0.25) is 4.79 Å². The van der Waals surface area contributed by atoms with Gasteiger partial charge in [-0.25, -0.2) is 0 Å². The monoisotopic (exact) mass is 243 g/mol. The SMILES string of the molecule is CC(C)c1ccccc1C[C@@H](N)C(=O)O.Cl. The van der Waals surface area contributed by atoms with Crippen molar-refractivity contribution in [3.05, 3.63) is 35.4 Å². The maximum Gasteiger partial charge on any atom is 0.320 e. The van der Waals surface area contributed by atoms with Crippen LogP contribution in [0.4, 0.5) is 0 Å². The Balaban J connectivity index is 0.00000225. The first kappa shape index (κ1) is 14.9. The molecule has 1 rings (SSSR count). The number of carbonyl (C=O) groups is 1. The molecular formula is C12H18ClNO2. The van der Waals surface area contributed by atoms with Gasteiger partial charge in [0, 0.05) is 0 Å². The summed E-state index contributed by atoms with van der Waals surface area (Å²) in [6.07, 6.45) is 0.393. The van der Waals surface area contributed by atoms with E-state index in [4.69, 9.17) is 10.8 Å². The van der Waals surface area contributed by atoms with E-state index in [0.717, 1.165) is 5.56 Å². The van der Waals surface area contributed by atoms with Crippen molar-refractivity contribution in [1.29, 1.82) is 0 Å². The minimum absolute atomic E-state index is 0. The van der Waals surface area contributed by atoms with E-state index >= 15 is 0 Å². The summed E-state index contributed by atoms with van der Waals surface area (Å²) in [5, 5.41) is 8.75. The van der Waals surface area contributed by atoms with Gasteiger partial charge in [-0.15, -0.1) is 12.4 Å². The van der Waals surface area contributed by atoms with Gasteiger partial charge in [0.25, 0.3) is 0 Å². The highest BCUT2D eigenvalue weighted by atomic mass is 35.5. The normalized spacial score (nSPS) is 12.0. The molecular weight excluding hydrogens is 226 g/mol. The van der Waals surface area contributed by atoms with E-state index in [-0.39, 0.29) is 12.4 Å². The van der Waals surface area contributed by atoms with Crippen molar-refractivity contribution in [2.75, 3.05) is 0 Å². The fourth-order valence-electron chi connectivity index (χ4n) is 1.61. The first-order valence-corrected chi connectivity index (χ1v) is 5.08. The minimum Gasteiger partial charge on any atom is -0.480 e. The minimum atomic E-state index is -0.950. The first-order valence-electron chi connectivity index (χ1n) is 5.08. The van der Waals surface area contributed by atoms with Crippen LogP contribution in [0.3, 0.4) is 0 Å². The lowest BCUT2D eigenvalue weighted by atomic mass is 9.93. The maximum atomic E-state index is 10.7. The molecule has 1 aromatic carbocycles. The second-order valence-electron chi connectivity index (χ2n) is 4.00. The summed E-state index contributed by atoms with van der Waals surface area (Å²) >= 11 is 0. The molecule has 1 aromatic rings. The zero-order valence-corrected chi connectivity index (χ0v) is 10.3. The third-order valence-corrected chi connectivity index (χ3v) is 2.43. The average molecular weight is 244 g/mol. The van der Waals surface area contributed by atoms with Crippen LogP contribution in [0.1, 0.15) is 30.9 Å². The number of hydrogen-bond acceptors (Lipinski definition) is 2. The summed E-state index contributed by atoms with van der Waals surface area (Å²) in [4.78, 5) is 10.7. The highest BCUT2D eigenvalue weighted by Crippen LogP contribution is 2.20. The van der Waals surface area contributed by atoms with Gasteiger partial charge in [-0.1, -0.05) is 38.1 Å². The van der Waals surface area contributed by atoms with Crippen molar-refractivity contribution < 1.29 is 9.90 Å². The third kappa shape index (κ3) is 3.83. The topological polar surface area (TPSA) is 63.3 Å². The maximum absolute atomic E-state index is 10.7. The molecule has 4 heteroatoms. The van der Waals surface area contributed by atoms with Gasteiger partial charge in [-0.2, -0.15) is 0 Å². The van der Waals surface area contributed by atoms with Gasteiger partial charge in [0.15, 0.2) is 0 Å². The van der Waals surface area contributed by atoms with Crippen LogP contribution in [0.2, 0.25) is 0 Å². The van der Waals surface area contributed by atoms with Gasteiger partial charge < -0.3 is 10.8 Å². The standard InChI is InChI=1S/C12H17NO2.ClH/c1-8(2)10-6-4-3-5-9(10)7-11(13)12(14)15;/h3-6,8,11H,7,13H2,1-2H3,(H,14,15);1H/t11-;/m1./s1. The predicted molar refractivity (Wildman–Crippen MR) is 67.1 cm³/mol. The number of carboxylic acids is 1. The van der Waals surface area contributed by atoms with Crippen molar-refractivity contribution in [3.8, 4) is 0 Å². The van der Waals surface area contributed by atoms with Crippen LogP contribution < -0.4 is 5.73 Å². The van der Waals surface area contributed by atoms with Crippen LogP contribution in [0, 0.1) is 0 Å². The third-order valence-electron chi connectivity index (χ3n) is 2.43. The smallest absolute Gasteiger partial charge is 0.320 e. The molecule has 3 N–H and O–H groups in total. The Bertz CT molecular complexity index is 353. The van der Waals surface area contributed by atoms with Crippen LogP contribution in [0.5, 0.6) is 0 Å². The van der Waals surface area contributed by atoms with Gasteiger partial charge in [0.05, 0.1) is 0 Å². The Morgan fingerprint density at radius 1 is 1.38 bits per heavy atom. The molecule has 0 aliphatic heterocycles. The van der Waals surface area contributed by atoms with Gasteiger partial charge in [0.2, 0.25) is 0 Å². The summed E-state index contributed by atoms with van der Waals surface area (Å²) in [6, 6.07) is 7.03. The lowest BCUT2D eigenvalue weighted by Gasteiger charge is -2.14. The van der Waals surface area contributed by atoms with E-state index in [0.29, 0.717) is 12.3 Å². The Labute approximate surface area is 102 Å². The van der Waals surface area contributed by atoms with Crippen molar-refractivity contribution in [2.24, 2.45) is 5.73 Å². The molecule has 0 amide bonds. The molecule has 0 bridgehead atoms.